The number of hydrogen-bond donors (Lipinski definition) is 0. The number of para-hydroxylation sites is 2. The van der Waals surface area contributed by atoms with Gasteiger partial charge in [-0.2, -0.15) is 0 Å². The molecule has 198 valence electrons. The van der Waals surface area contributed by atoms with Crippen molar-refractivity contribution in [3.63, 3.8) is 0 Å². The number of esters is 1. The van der Waals surface area contributed by atoms with Crippen molar-refractivity contribution in [3.05, 3.63) is 95.6 Å². The third-order valence-electron chi connectivity index (χ3n) is 7.55. The second kappa shape index (κ2) is 13.4. The smallest absolute Gasteiger partial charge is 0.338 e. The first-order valence-electron chi connectivity index (χ1n) is 14.1. The lowest BCUT2D eigenvalue weighted by atomic mass is 10.1. The molecule has 2 heterocycles. The van der Waals surface area contributed by atoms with Crippen molar-refractivity contribution in [3.8, 4) is 0 Å². The van der Waals surface area contributed by atoms with Crippen molar-refractivity contribution in [1.82, 2.24) is 9.80 Å². The van der Waals surface area contributed by atoms with Gasteiger partial charge in [0.05, 0.1) is 12.2 Å². The zero-order chi connectivity index (χ0) is 26.0. The Kier molecular flexibility index (Phi) is 9.24. The van der Waals surface area contributed by atoms with E-state index in [1.807, 2.05) is 18.2 Å². The van der Waals surface area contributed by atoms with Crippen LogP contribution < -0.4 is 4.90 Å². The third-order valence-corrected chi connectivity index (χ3v) is 7.55. The number of ether oxygens (including phenoxy) is 1. The van der Waals surface area contributed by atoms with Gasteiger partial charge in [-0.15, -0.1) is 0 Å². The first-order valence-corrected chi connectivity index (χ1v) is 14.1. The van der Waals surface area contributed by atoms with E-state index in [1.165, 1.54) is 35.5 Å². The SMILES string of the molecule is O=C(OCCCCN1CCCN(CCCN2c3ccccc3C=Cc3ccccc32)CC1)c1ccccc1. The molecule has 5 rings (SSSR count). The first-order chi connectivity index (χ1) is 18.8. The molecule has 3 aromatic carbocycles. The van der Waals surface area contributed by atoms with E-state index < -0.39 is 0 Å². The van der Waals surface area contributed by atoms with E-state index in [9.17, 15) is 4.79 Å². The zero-order valence-corrected chi connectivity index (χ0v) is 22.3. The Bertz CT molecular complexity index is 1160. The summed E-state index contributed by atoms with van der Waals surface area (Å²) < 4.78 is 5.43. The minimum atomic E-state index is -0.223. The van der Waals surface area contributed by atoms with E-state index in [4.69, 9.17) is 4.74 Å². The van der Waals surface area contributed by atoms with E-state index >= 15 is 0 Å². The maximum absolute atomic E-state index is 12.1. The van der Waals surface area contributed by atoms with Crippen LogP contribution >= 0.6 is 0 Å². The van der Waals surface area contributed by atoms with Gasteiger partial charge >= 0.3 is 5.97 Å². The lowest BCUT2D eigenvalue weighted by molar-refractivity contribution is 0.0495. The van der Waals surface area contributed by atoms with Crippen LogP contribution in [0, 0.1) is 0 Å². The highest BCUT2D eigenvalue weighted by molar-refractivity contribution is 5.89. The number of nitrogens with zero attached hydrogens (tertiary/aromatic N) is 3. The second-order valence-electron chi connectivity index (χ2n) is 10.2. The van der Waals surface area contributed by atoms with Gasteiger partial charge in [0.1, 0.15) is 0 Å². The van der Waals surface area contributed by atoms with Crippen molar-refractivity contribution >= 4 is 29.5 Å². The number of carbonyl (C=O) groups is 1. The van der Waals surface area contributed by atoms with Gasteiger partial charge in [-0.1, -0.05) is 66.7 Å². The molecule has 0 aromatic heterocycles. The minimum absolute atomic E-state index is 0.223. The molecule has 1 saturated heterocycles. The van der Waals surface area contributed by atoms with E-state index in [2.05, 4.69) is 75.4 Å². The lowest BCUT2D eigenvalue weighted by Crippen LogP contribution is -2.33. The number of anilines is 2. The monoisotopic (exact) mass is 509 g/mol. The Labute approximate surface area is 227 Å². The molecular formula is C33H39N3O2. The largest absolute Gasteiger partial charge is 0.462 e. The molecule has 0 amide bonds. The molecule has 0 bridgehead atoms. The maximum Gasteiger partial charge on any atom is 0.338 e. The van der Waals surface area contributed by atoms with Crippen molar-refractivity contribution in [2.24, 2.45) is 0 Å². The fraction of sp³-hybridized carbons (Fsp3) is 0.364. The minimum Gasteiger partial charge on any atom is -0.462 e. The van der Waals surface area contributed by atoms with E-state index in [-0.39, 0.29) is 5.97 Å². The van der Waals surface area contributed by atoms with Crippen LogP contribution in [0.1, 0.15) is 47.2 Å². The molecule has 5 nitrogen and oxygen atoms in total. The number of carbonyl (C=O) groups excluding carboxylic acids is 1. The van der Waals surface area contributed by atoms with Gasteiger partial charge in [0.2, 0.25) is 0 Å². The molecular weight excluding hydrogens is 470 g/mol. The molecule has 0 aliphatic carbocycles. The van der Waals surface area contributed by atoms with Crippen LogP contribution in [0.4, 0.5) is 11.4 Å². The van der Waals surface area contributed by atoms with Crippen molar-refractivity contribution in [2.45, 2.75) is 25.7 Å². The van der Waals surface area contributed by atoms with E-state index in [0.717, 1.165) is 58.5 Å². The summed E-state index contributed by atoms with van der Waals surface area (Å²) in [6.07, 6.45) is 8.80. The Hall–Kier alpha value is -3.41. The fourth-order valence-corrected chi connectivity index (χ4v) is 5.48. The highest BCUT2D eigenvalue weighted by Crippen LogP contribution is 2.36. The molecule has 0 spiro atoms. The summed E-state index contributed by atoms with van der Waals surface area (Å²) in [6.45, 7) is 8.26. The van der Waals surface area contributed by atoms with E-state index in [1.54, 1.807) is 12.1 Å². The average molecular weight is 510 g/mol. The number of unbranched alkanes of at least 4 members (excludes halogenated alkanes) is 1. The van der Waals surface area contributed by atoms with Crippen molar-refractivity contribution in [1.29, 1.82) is 0 Å². The summed E-state index contributed by atoms with van der Waals surface area (Å²) in [6, 6.07) is 26.7. The van der Waals surface area contributed by atoms with Gasteiger partial charge in [-0.25, -0.2) is 4.79 Å². The van der Waals surface area contributed by atoms with Gasteiger partial charge in [0.15, 0.2) is 0 Å². The standard InChI is InChI=1S/C33H39N3O2/c37-33(30-14-2-1-3-15-30)38-27-9-8-20-34-21-10-22-35(26-25-34)23-11-24-36-31-16-6-4-12-28(31)18-19-29-13-5-7-17-32(29)36/h1-7,12-19H,8-11,20-27H2. The molecule has 3 aromatic rings. The Balaban J connectivity index is 1.04. The van der Waals surface area contributed by atoms with Crippen molar-refractivity contribution in [2.75, 3.05) is 57.3 Å². The van der Waals surface area contributed by atoms with Crippen LogP contribution in [0.15, 0.2) is 78.9 Å². The average Bonchev–Trinajstić information content (AvgIpc) is 3.28. The summed E-state index contributed by atoms with van der Waals surface area (Å²) in [5, 5.41) is 0. The molecule has 0 saturated carbocycles. The number of fused-ring (bicyclic) bond motifs is 2. The highest BCUT2D eigenvalue weighted by atomic mass is 16.5. The summed E-state index contributed by atoms with van der Waals surface area (Å²) in [4.78, 5) is 19.8. The molecule has 2 aliphatic heterocycles. The normalized spacial score (nSPS) is 15.8. The summed E-state index contributed by atoms with van der Waals surface area (Å²) in [5.74, 6) is -0.223. The van der Waals surface area contributed by atoms with Gasteiger partial charge in [-0.05, 0) is 87.3 Å². The Morgan fingerprint density at radius 2 is 1.21 bits per heavy atom. The fourth-order valence-electron chi connectivity index (χ4n) is 5.48. The summed E-state index contributed by atoms with van der Waals surface area (Å²) in [7, 11) is 0. The van der Waals surface area contributed by atoms with Gasteiger partial charge < -0.3 is 19.4 Å². The van der Waals surface area contributed by atoms with Crippen LogP contribution in [-0.2, 0) is 4.74 Å². The van der Waals surface area contributed by atoms with Gasteiger partial charge in [0.25, 0.3) is 0 Å². The molecule has 0 atom stereocenters. The van der Waals surface area contributed by atoms with Gasteiger partial charge in [-0.3, -0.25) is 0 Å². The molecule has 5 heteroatoms. The highest BCUT2D eigenvalue weighted by Gasteiger charge is 2.19. The summed E-state index contributed by atoms with van der Waals surface area (Å²) >= 11 is 0. The van der Waals surface area contributed by atoms with Crippen LogP contribution in [0.5, 0.6) is 0 Å². The molecule has 38 heavy (non-hydrogen) atoms. The predicted octanol–water partition coefficient (Wildman–Crippen LogP) is 6.34. The molecule has 2 aliphatic rings. The second-order valence-corrected chi connectivity index (χ2v) is 10.2. The predicted molar refractivity (Wildman–Crippen MR) is 157 cm³/mol. The van der Waals surface area contributed by atoms with Crippen LogP contribution in [0.25, 0.3) is 12.2 Å². The molecule has 1 fully saturated rings. The van der Waals surface area contributed by atoms with Crippen LogP contribution in [-0.4, -0.2) is 68.2 Å². The Morgan fingerprint density at radius 3 is 1.87 bits per heavy atom. The Morgan fingerprint density at radius 1 is 0.632 bits per heavy atom. The van der Waals surface area contributed by atoms with E-state index in [0.29, 0.717) is 12.2 Å². The molecule has 0 unspecified atom stereocenters. The number of benzene rings is 3. The van der Waals surface area contributed by atoms with Crippen LogP contribution in [0.3, 0.4) is 0 Å². The third kappa shape index (κ3) is 6.91. The van der Waals surface area contributed by atoms with Crippen molar-refractivity contribution < 1.29 is 9.53 Å². The molecule has 0 radical (unpaired) electrons. The number of rotatable bonds is 10. The number of hydrogen-bond acceptors (Lipinski definition) is 5. The topological polar surface area (TPSA) is 36.0 Å². The van der Waals surface area contributed by atoms with Crippen LogP contribution in [0.2, 0.25) is 0 Å². The quantitative estimate of drug-likeness (QED) is 0.235. The first kappa shape index (κ1) is 26.2. The van der Waals surface area contributed by atoms with Gasteiger partial charge in [0, 0.05) is 31.0 Å². The maximum atomic E-state index is 12.1. The molecule has 0 N–H and O–H groups in total. The summed E-state index contributed by atoms with van der Waals surface area (Å²) in [5.41, 5.74) is 5.78. The zero-order valence-electron chi connectivity index (χ0n) is 22.3. The lowest BCUT2D eigenvalue weighted by Gasteiger charge is -2.28.